The summed E-state index contributed by atoms with van der Waals surface area (Å²) in [6, 6.07) is 8.99. The summed E-state index contributed by atoms with van der Waals surface area (Å²) >= 11 is 0. The predicted molar refractivity (Wildman–Crippen MR) is 91.9 cm³/mol. The van der Waals surface area contributed by atoms with Gasteiger partial charge in [-0.15, -0.1) is 0 Å². The number of piperazine rings is 1. The molecule has 3 N–H and O–H groups in total. The third kappa shape index (κ3) is 2.80. The van der Waals surface area contributed by atoms with Gasteiger partial charge in [0.15, 0.2) is 0 Å². The van der Waals surface area contributed by atoms with Gasteiger partial charge in [0.25, 0.3) is 0 Å². The smallest absolute Gasteiger partial charge is 0.0599 e. The van der Waals surface area contributed by atoms with Crippen LogP contribution in [0.5, 0.6) is 0 Å². The van der Waals surface area contributed by atoms with Crippen LogP contribution in [0.1, 0.15) is 25.7 Å². The molecule has 2 saturated heterocycles. The number of benzene rings is 1. The molecule has 2 aliphatic heterocycles. The van der Waals surface area contributed by atoms with Crippen molar-refractivity contribution in [2.24, 2.45) is 0 Å². The molecule has 4 rings (SSSR count). The SMILES string of the molecule is Nc1ccccc1N1CCC(N2CCNC(=C3CC3)C2)CC1. The minimum Gasteiger partial charge on any atom is -0.397 e. The first-order chi connectivity index (χ1) is 10.8. The van der Waals surface area contributed by atoms with Crippen molar-refractivity contribution in [3.63, 3.8) is 0 Å². The zero-order valence-corrected chi connectivity index (χ0v) is 13.2. The van der Waals surface area contributed by atoms with Gasteiger partial charge in [0.1, 0.15) is 0 Å². The number of hydrogen-bond donors (Lipinski definition) is 2. The highest BCUT2D eigenvalue weighted by Crippen LogP contribution is 2.33. The molecule has 4 heteroatoms. The number of nitrogen functional groups attached to an aromatic ring is 1. The fourth-order valence-electron chi connectivity index (χ4n) is 3.85. The maximum atomic E-state index is 6.12. The minimum absolute atomic E-state index is 0.734. The van der Waals surface area contributed by atoms with Gasteiger partial charge in [-0.1, -0.05) is 12.1 Å². The summed E-state index contributed by atoms with van der Waals surface area (Å²) in [5.74, 6) is 0. The van der Waals surface area contributed by atoms with Crippen LogP contribution in [-0.4, -0.2) is 43.7 Å². The van der Waals surface area contributed by atoms with Crippen molar-refractivity contribution in [1.29, 1.82) is 0 Å². The molecule has 1 aromatic carbocycles. The van der Waals surface area contributed by atoms with Crippen molar-refractivity contribution in [1.82, 2.24) is 10.2 Å². The molecule has 0 atom stereocenters. The second kappa shape index (κ2) is 5.84. The molecule has 0 spiro atoms. The molecule has 4 nitrogen and oxygen atoms in total. The Morgan fingerprint density at radius 3 is 2.55 bits per heavy atom. The third-order valence-corrected chi connectivity index (χ3v) is 5.28. The van der Waals surface area contributed by atoms with Gasteiger partial charge in [0, 0.05) is 44.5 Å². The van der Waals surface area contributed by atoms with E-state index in [0.717, 1.165) is 37.9 Å². The summed E-state index contributed by atoms with van der Waals surface area (Å²) in [5.41, 5.74) is 11.4. The molecule has 0 aromatic heterocycles. The quantitative estimate of drug-likeness (QED) is 0.822. The topological polar surface area (TPSA) is 44.5 Å². The molecular formula is C18H26N4. The molecule has 3 fully saturated rings. The molecule has 1 aliphatic carbocycles. The average molecular weight is 298 g/mol. The Balaban J connectivity index is 1.37. The Morgan fingerprint density at radius 2 is 1.82 bits per heavy atom. The minimum atomic E-state index is 0.734. The van der Waals surface area contributed by atoms with Crippen LogP contribution < -0.4 is 16.0 Å². The molecular weight excluding hydrogens is 272 g/mol. The number of piperidine rings is 1. The van der Waals surface area contributed by atoms with E-state index in [0.29, 0.717) is 0 Å². The predicted octanol–water partition coefficient (Wildman–Crippen LogP) is 2.19. The van der Waals surface area contributed by atoms with Crippen molar-refractivity contribution < 1.29 is 0 Å². The second-order valence-electron chi connectivity index (χ2n) is 6.76. The molecule has 0 amide bonds. The van der Waals surface area contributed by atoms with E-state index in [-0.39, 0.29) is 0 Å². The summed E-state index contributed by atoms with van der Waals surface area (Å²) in [6.45, 7) is 5.69. The Labute approximate surface area is 133 Å². The normalized spacial score (nSPS) is 23.5. The Morgan fingerprint density at radius 1 is 1.05 bits per heavy atom. The Bertz CT molecular complexity index is 566. The monoisotopic (exact) mass is 298 g/mol. The summed E-state index contributed by atoms with van der Waals surface area (Å²) in [4.78, 5) is 5.15. The van der Waals surface area contributed by atoms with Crippen LogP contribution >= 0.6 is 0 Å². The summed E-state index contributed by atoms with van der Waals surface area (Å²) in [5, 5.41) is 3.60. The van der Waals surface area contributed by atoms with E-state index in [1.807, 2.05) is 12.1 Å². The zero-order valence-electron chi connectivity index (χ0n) is 13.2. The van der Waals surface area contributed by atoms with E-state index >= 15 is 0 Å². The van der Waals surface area contributed by atoms with Gasteiger partial charge in [0.2, 0.25) is 0 Å². The molecule has 0 radical (unpaired) electrons. The standard InChI is InChI=1S/C18H26N4/c19-16-3-1-2-4-18(16)21-10-7-15(8-11-21)22-12-9-20-17(13-22)14-5-6-14/h1-4,15,20H,5-13,19H2. The summed E-state index contributed by atoms with van der Waals surface area (Å²) in [6.07, 6.45) is 5.14. The molecule has 0 unspecified atom stereocenters. The van der Waals surface area contributed by atoms with Crippen LogP contribution in [0.2, 0.25) is 0 Å². The van der Waals surface area contributed by atoms with Crippen molar-refractivity contribution in [3.05, 3.63) is 35.5 Å². The van der Waals surface area contributed by atoms with Gasteiger partial charge >= 0.3 is 0 Å². The Kier molecular flexibility index (Phi) is 3.70. The number of nitrogens with one attached hydrogen (secondary N) is 1. The van der Waals surface area contributed by atoms with Gasteiger partial charge < -0.3 is 16.0 Å². The number of allylic oxidation sites excluding steroid dienone is 1. The highest BCUT2D eigenvalue weighted by molar-refractivity contribution is 5.67. The van der Waals surface area contributed by atoms with Crippen LogP contribution in [-0.2, 0) is 0 Å². The lowest BCUT2D eigenvalue weighted by Gasteiger charge is -2.42. The van der Waals surface area contributed by atoms with E-state index in [4.69, 9.17) is 5.73 Å². The average Bonchev–Trinajstić information content (AvgIpc) is 3.41. The fourth-order valence-corrected chi connectivity index (χ4v) is 3.85. The summed E-state index contributed by atoms with van der Waals surface area (Å²) in [7, 11) is 0. The largest absolute Gasteiger partial charge is 0.397 e. The Hall–Kier alpha value is -1.68. The van der Waals surface area contributed by atoms with Gasteiger partial charge in [-0.25, -0.2) is 0 Å². The van der Waals surface area contributed by atoms with Crippen molar-refractivity contribution in [3.8, 4) is 0 Å². The van der Waals surface area contributed by atoms with Crippen molar-refractivity contribution in [2.45, 2.75) is 31.7 Å². The number of hydrogen-bond acceptors (Lipinski definition) is 4. The maximum Gasteiger partial charge on any atom is 0.0599 e. The van der Waals surface area contributed by atoms with E-state index < -0.39 is 0 Å². The lowest BCUT2D eigenvalue weighted by molar-refractivity contribution is 0.166. The number of rotatable bonds is 2. The lowest BCUT2D eigenvalue weighted by atomic mass is 10.0. The lowest BCUT2D eigenvalue weighted by Crippen LogP contribution is -2.51. The van der Waals surface area contributed by atoms with Crippen molar-refractivity contribution >= 4 is 11.4 Å². The second-order valence-corrected chi connectivity index (χ2v) is 6.76. The molecule has 3 aliphatic rings. The first-order valence-corrected chi connectivity index (χ1v) is 8.59. The first-order valence-electron chi connectivity index (χ1n) is 8.59. The van der Waals surface area contributed by atoms with E-state index in [9.17, 15) is 0 Å². The highest BCUT2D eigenvalue weighted by Gasteiger charge is 2.29. The maximum absolute atomic E-state index is 6.12. The fraction of sp³-hybridized carbons (Fsp3) is 0.556. The molecule has 118 valence electrons. The number of anilines is 2. The summed E-state index contributed by atoms with van der Waals surface area (Å²) < 4.78 is 0. The number of para-hydroxylation sites is 2. The van der Waals surface area contributed by atoms with Crippen molar-refractivity contribution in [2.75, 3.05) is 43.4 Å². The van der Waals surface area contributed by atoms with Crippen LogP contribution in [0.15, 0.2) is 35.5 Å². The van der Waals surface area contributed by atoms with Gasteiger partial charge in [0.05, 0.1) is 11.4 Å². The number of nitrogens with two attached hydrogens (primary N) is 1. The molecule has 22 heavy (non-hydrogen) atoms. The van der Waals surface area contributed by atoms with Gasteiger partial charge in [-0.3, -0.25) is 4.90 Å². The van der Waals surface area contributed by atoms with E-state index in [1.165, 1.54) is 43.6 Å². The van der Waals surface area contributed by atoms with E-state index in [2.05, 4.69) is 27.2 Å². The van der Waals surface area contributed by atoms with Gasteiger partial charge in [-0.2, -0.15) is 0 Å². The van der Waals surface area contributed by atoms with Crippen LogP contribution in [0.25, 0.3) is 0 Å². The third-order valence-electron chi connectivity index (χ3n) is 5.28. The van der Waals surface area contributed by atoms with E-state index in [1.54, 1.807) is 5.57 Å². The zero-order chi connectivity index (χ0) is 14.9. The van der Waals surface area contributed by atoms with Crippen LogP contribution in [0, 0.1) is 0 Å². The highest BCUT2D eigenvalue weighted by atomic mass is 15.2. The molecule has 1 saturated carbocycles. The first kappa shape index (κ1) is 13.9. The molecule has 0 bridgehead atoms. The van der Waals surface area contributed by atoms with Crippen LogP contribution in [0.3, 0.4) is 0 Å². The number of nitrogens with zero attached hydrogens (tertiary/aromatic N) is 2. The van der Waals surface area contributed by atoms with Crippen LogP contribution in [0.4, 0.5) is 11.4 Å². The molecule has 2 heterocycles. The van der Waals surface area contributed by atoms with Gasteiger partial charge in [-0.05, 0) is 43.4 Å². The molecule has 1 aromatic rings.